The van der Waals surface area contributed by atoms with Crippen LogP contribution in [-0.2, 0) is 65.4 Å². The molecule has 0 aliphatic heterocycles. The predicted octanol–water partition coefficient (Wildman–Crippen LogP) is 26.1. The highest BCUT2D eigenvalue weighted by Crippen LogP contribution is 2.45. The molecule has 17 nitrogen and oxygen atoms in total. The Morgan fingerprint density at radius 3 is 0.768 bits per heavy atom. The number of aliphatic hydroxyl groups excluding tert-OH is 1. The number of phosphoric acid groups is 2. The summed E-state index contributed by atoms with van der Waals surface area (Å²) in [6, 6.07) is 0. The van der Waals surface area contributed by atoms with E-state index in [1.165, 1.54) is 64.2 Å². The Labute approximate surface area is 680 Å². The number of rotatable bonds is 80. The molecule has 0 saturated carbocycles. The Kier molecular flexibility index (Phi) is 79.2. The van der Waals surface area contributed by atoms with Crippen molar-refractivity contribution >= 4 is 39.5 Å². The summed E-state index contributed by atoms with van der Waals surface area (Å²) >= 11 is 0. The summed E-state index contributed by atoms with van der Waals surface area (Å²) in [5, 5.41) is 10.7. The van der Waals surface area contributed by atoms with Gasteiger partial charge in [-0.05, 0) is 141 Å². The molecule has 0 rings (SSSR count). The van der Waals surface area contributed by atoms with Crippen LogP contribution in [0.4, 0.5) is 0 Å². The van der Waals surface area contributed by atoms with Crippen molar-refractivity contribution in [3.8, 4) is 0 Å². The molecule has 0 heterocycles. The van der Waals surface area contributed by atoms with Gasteiger partial charge in [-0.2, -0.15) is 0 Å². The first kappa shape index (κ1) is 106. The molecule has 5 unspecified atom stereocenters. The van der Waals surface area contributed by atoms with Gasteiger partial charge in [0.15, 0.2) is 12.2 Å². The van der Waals surface area contributed by atoms with Crippen LogP contribution < -0.4 is 0 Å². The molecule has 112 heavy (non-hydrogen) atoms. The van der Waals surface area contributed by atoms with Gasteiger partial charge in [-0.1, -0.05) is 339 Å². The summed E-state index contributed by atoms with van der Waals surface area (Å²) in [5.41, 5.74) is 0. The second kappa shape index (κ2) is 83.4. The smallest absolute Gasteiger partial charge is 0.462 e. The zero-order chi connectivity index (χ0) is 81.7. The van der Waals surface area contributed by atoms with E-state index in [0.717, 1.165) is 186 Å². The van der Waals surface area contributed by atoms with Crippen molar-refractivity contribution in [1.82, 2.24) is 0 Å². The van der Waals surface area contributed by atoms with Crippen molar-refractivity contribution in [3.63, 3.8) is 0 Å². The van der Waals surface area contributed by atoms with Gasteiger partial charge in [0.25, 0.3) is 0 Å². The number of carbonyl (C=O) groups excluding carboxylic acids is 4. The lowest BCUT2D eigenvalue weighted by molar-refractivity contribution is -0.161. The average Bonchev–Trinajstić information content (AvgIpc) is 0.898. The topological polar surface area (TPSA) is 237 Å². The van der Waals surface area contributed by atoms with Crippen molar-refractivity contribution in [2.24, 2.45) is 0 Å². The zero-order valence-corrected chi connectivity index (χ0v) is 71.8. The molecule has 19 heteroatoms. The number of esters is 4. The van der Waals surface area contributed by atoms with Crippen LogP contribution in [0, 0.1) is 0 Å². The normalized spacial score (nSPS) is 14.6. The van der Waals surface area contributed by atoms with E-state index in [4.69, 9.17) is 37.0 Å². The van der Waals surface area contributed by atoms with Gasteiger partial charge in [-0.3, -0.25) is 37.3 Å². The highest BCUT2D eigenvalue weighted by molar-refractivity contribution is 7.47. The first-order chi connectivity index (χ1) is 54.7. The van der Waals surface area contributed by atoms with Crippen LogP contribution in [0.2, 0.25) is 0 Å². The molecule has 0 aliphatic carbocycles. The summed E-state index contributed by atoms with van der Waals surface area (Å²) in [6.07, 6.45) is 100. The quantitative estimate of drug-likeness (QED) is 0.0169. The Bertz CT molecular complexity index is 2790. The third kappa shape index (κ3) is 82.4. The van der Waals surface area contributed by atoms with Crippen LogP contribution >= 0.6 is 15.6 Å². The van der Waals surface area contributed by atoms with Gasteiger partial charge in [0.05, 0.1) is 26.4 Å². The minimum Gasteiger partial charge on any atom is -0.462 e. The van der Waals surface area contributed by atoms with Gasteiger partial charge in [0.2, 0.25) is 0 Å². The van der Waals surface area contributed by atoms with Gasteiger partial charge < -0.3 is 33.8 Å². The van der Waals surface area contributed by atoms with E-state index in [9.17, 15) is 43.2 Å². The largest absolute Gasteiger partial charge is 0.472 e. The standard InChI is InChI=1S/C93H154O17P2/c1-5-9-13-17-21-25-29-33-37-40-43-46-50-53-57-61-65-69-73-77-90(95)103-83-88(109-92(97)79-75-71-67-63-59-55-49-36-32-28-24-20-16-12-8-4)85-107-111(99,100)105-81-87(94)82-106-112(101,102)108-86-89(110-93(98)80-76-72-68-64-60-56-52-48-45-42-39-35-31-27-23-19-15-11-7-3)84-104-91(96)78-74-70-66-62-58-54-51-47-44-41-38-34-30-26-22-18-14-10-6-2/h9-11,13-15,21-23,25-27,33-35,37-39,43-48,54,58,66,70,87-89,94H,5-8,12,16-20,24,28-32,36,40-42,49-53,55-57,59-65,67-69,71-86H2,1-4H3,(H,99,100)(H,101,102)/b13-9-,14-10-,15-11-,25-21-,26-22-,27-23-,37-33-,38-34-,39-35-,46-43-,47-44-,48-45-,58-54-,70-66-. The van der Waals surface area contributed by atoms with Crippen LogP contribution in [0.1, 0.15) is 336 Å². The van der Waals surface area contributed by atoms with Crippen molar-refractivity contribution in [1.29, 1.82) is 0 Å². The number of unbranched alkanes of at least 4 members (excludes halogenated alkanes) is 26. The molecule has 0 aromatic rings. The van der Waals surface area contributed by atoms with E-state index in [0.29, 0.717) is 32.1 Å². The molecule has 0 aromatic heterocycles. The molecule has 638 valence electrons. The minimum absolute atomic E-state index is 0.0275. The van der Waals surface area contributed by atoms with E-state index in [2.05, 4.69) is 180 Å². The number of aliphatic hydroxyl groups is 1. The molecule has 0 fully saturated rings. The fourth-order valence-electron chi connectivity index (χ4n) is 11.2. The second-order valence-corrected chi connectivity index (χ2v) is 31.2. The monoisotopic (exact) mass is 1610 g/mol. The van der Waals surface area contributed by atoms with Gasteiger partial charge in [0, 0.05) is 25.7 Å². The number of allylic oxidation sites excluding steroid dienone is 28. The Morgan fingerprint density at radius 1 is 0.259 bits per heavy atom. The van der Waals surface area contributed by atoms with Crippen LogP contribution in [0.25, 0.3) is 0 Å². The third-order valence-electron chi connectivity index (χ3n) is 17.7. The SMILES string of the molecule is CC/C=C\C/C=C\C/C=C\C/C=C\C/C=C\C/C=C\CCC(=O)OCC(COP(=O)(O)OCC(O)COP(=O)(O)OCC(COC(=O)CCCCCCCC/C=C\C/C=C\C/C=C\C/C=C\CC)OC(=O)CCCCCCCCCCCCCCCCC)OC(=O)CCCCCCCC/C=C\C/C=C\C/C=C\C/C=C\CC. The van der Waals surface area contributed by atoms with Crippen molar-refractivity contribution in [2.45, 2.75) is 354 Å². The maximum Gasteiger partial charge on any atom is 0.472 e. The number of hydrogen-bond acceptors (Lipinski definition) is 15. The first-order valence-corrected chi connectivity index (χ1v) is 46.4. The zero-order valence-electron chi connectivity index (χ0n) is 70.0. The summed E-state index contributed by atoms with van der Waals surface area (Å²) in [7, 11) is -10.0. The van der Waals surface area contributed by atoms with Gasteiger partial charge in [-0.25, -0.2) is 9.13 Å². The molecule has 0 radical (unpaired) electrons. The maximum absolute atomic E-state index is 13.2. The molecule has 0 saturated heterocycles. The minimum atomic E-state index is -5.01. The number of carbonyl (C=O) groups is 4. The maximum atomic E-state index is 13.2. The highest BCUT2D eigenvalue weighted by Gasteiger charge is 2.30. The van der Waals surface area contributed by atoms with Gasteiger partial charge >= 0.3 is 39.5 Å². The summed E-state index contributed by atoms with van der Waals surface area (Å²) in [5.74, 6) is -2.30. The first-order valence-electron chi connectivity index (χ1n) is 43.4. The number of ether oxygens (including phenoxy) is 4. The highest BCUT2D eigenvalue weighted by atomic mass is 31.2. The van der Waals surface area contributed by atoms with E-state index in [1.54, 1.807) is 0 Å². The van der Waals surface area contributed by atoms with E-state index < -0.39 is 97.5 Å². The molecular weight excluding hydrogens is 1450 g/mol. The van der Waals surface area contributed by atoms with Gasteiger partial charge in [0.1, 0.15) is 19.3 Å². The molecular formula is C93H154O17P2. The third-order valence-corrected chi connectivity index (χ3v) is 19.6. The van der Waals surface area contributed by atoms with Crippen LogP contribution in [0.3, 0.4) is 0 Å². The lowest BCUT2D eigenvalue weighted by Gasteiger charge is -2.21. The fourth-order valence-corrected chi connectivity index (χ4v) is 12.8. The Morgan fingerprint density at radius 2 is 0.482 bits per heavy atom. The summed E-state index contributed by atoms with van der Waals surface area (Å²) < 4.78 is 68.8. The van der Waals surface area contributed by atoms with E-state index in [1.807, 2.05) is 18.2 Å². The number of hydrogen-bond donors (Lipinski definition) is 3. The van der Waals surface area contributed by atoms with Crippen molar-refractivity contribution < 1.29 is 80.2 Å². The van der Waals surface area contributed by atoms with Crippen LogP contribution in [0.5, 0.6) is 0 Å². The Hall–Kier alpha value is -5.58. The van der Waals surface area contributed by atoms with Crippen LogP contribution in [-0.4, -0.2) is 96.7 Å². The van der Waals surface area contributed by atoms with Crippen LogP contribution in [0.15, 0.2) is 170 Å². The number of phosphoric ester groups is 2. The van der Waals surface area contributed by atoms with Crippen molar-refractivity contribution in [2.75, 3.05) is 39.6 Å². The second-order valence-electron chi connectivity index (χ2n) is 28.3. The summed E-state index contributed by atoms with van der Waals surface area (Å²) in [6.45, 7) is 4.46. The lowest BCUT2D eigenvalue weighted by Crippen LogP contribution is -2.30. The molecule has 0 bridgehead atoms. The molecule has 3 N–H and O–H groups in total. The van der Waals surface area contributed by atoms with E-state index in [-0.39, 0.29) is 25.7 Å². The molecule has 5 atom stereocenters. The van der Waals surface area contributed by atoms with E-state index >= 15 is 0 Å². The molecule has 0 aromatic carbocycles. The predicted molar refractivity (Wildman–Crippen MR) is 463 cm³/mol. The van der Waals surface area contributed by atoms with Crippen molar-refractivity contribution in [3.05, 3.63) is 170 Å². The summed E-state index contributed by atoms with van der Waals surface area (Å²) in [4.78, 5) is 73.3. The molecule has 0 aliphatic rings. The average molecular weight is 1610 g/mol. The lowest BCUT2D eigenvalue weighted by atomic mass is 10.0. The Balaban J connectivity index is 5.47. The fraction of sp³-hybridized carbons (Fsp3) is 0.656. The van der Waals surface area contributed by atoms with Gasteiger partial charge in [-0.15, -0.1) is 0 Å². The molecule has 0 spiro atoms. The molecule has 0 amide bonds.